The third-order valence-corrected chi connectivity index (χ3v) is 13.4. The first kappa shape index (κ1) is 48.5. The number of nitrogens with zero attached hydrogens (tertiary/aromatic N) is 7. The number of allylic oxidation sites excluding steroid dienone is 5. The Morgan fingerprint density at radius 1 is 1.00 bits per heavy atom. The molecule has 2 aromatic rings. The minimum absolute atomic E-state index is 0.0584. The van der Waals surface area contributed by atoms with Crippen LogP contribution in [0.5, 0.6) is 0 Å². The van der Waals surface area contributed by atoms with Gasteiger partial charge in [-0.05, 0) is 118 Å². The van der Waals surface area contributed by atoms with E-state index in [1.54, 1.807) is 37.1 Å². The lowest BCUT2D eigenvalue weighted by Gasteiger charge is -2.55. The maximum absolute atomic E-state index is 13.7. The summed E-state index contributed by atoms with van der Waals surface area (Å²) in [6, 6.07) is 10.5. The third-order valence-electron chi connectivity index (χ3n) is 13.4. The topological polar surface area (TPSA) is 197 Å². The molecule has 18 heteroatoms. The number of nitrogens with two attached hydrogens (primary N) is 2. The number of nitrogens with one attached hydrogen (secondary N) is 2. The molecule has 0 radical (unpaired) electrons. The van der Waals surface area contributed by atoms with Crippen molar-refractivity contribution in [3.8, 4) is 6.07 Å². The highest BCUT2D eigenvalue weighted by Crippen LogP contribution is 2.42. The number of carbonyl (C=O) groups is 4. The molecule has 4 fully saturated rings. The highest BCUT2D eigenvalue weighted by Gasteiger charge is 2.45. The Morgan fingerprint density at radius 2 is 1.68 bits per heavy atom. The number of likely N-dealkylation sites (tertiary alicyclic amines) is 2. The fourth-order valence-electron chi connectivity index (χ4n) is 9.33. The van der Waals surface area contributed by atoms with E-state index >= 15 is 0 Å². The SMILES string of the molecule is CC\C=C/C(C#N)=C(\C=C\N1CCC(C(=O)Nc2ccc(N3CCC(CN4CC5(CCN(c6ccc(N)c(C(=O)N(N)C(C)CCC(=O)NC=O)c6)CC5)C4)CC3)cn2)CC1)C(F)(F)F. The molecule has 6 N–H and O–H groups in total. The summed E-state index contributed by atoms with van der Waals surface area (Å²) in [6.07, 6.45) is 8.62. The molecule has 1 spiro atoms. The molecule has 0 aliphatic carbocycles. The molecule has 4 aliphatic rings. The number of carbonyl (C=O) groups excluding carboxylic acids is 4. The number of rotatable bonds is 16. The summed E-state index contributed by atoms with van der Waals surface area (Å²) in [5, 5.41) is 15.4. The van der Waals surface area contributed by atoms with Crippen molar-refractivity contribution in [3.63, 3.8) is 0 Å². The Morgan fingerprint density at radius 3 is 2.29 bits per heavy atom. The molecule has 0 saturated carbocycles. The summed E-state index contributed by atoms with van der Waals surface area (Å²) >= 11 is 0. The Kier molecular flexibility index (Phi) is 16.3. The van der Waals surface area contributed by atoms with Crippen molar-refractivity contribution in [1.29, 1.82) is 5.26 Å². The largest absolute Gasteiger partial charge is 0.417 e. The highest BCUT2D eigenvalue weighted by atomic mass is 19.4. The number of pyridine rings is 1. The van der Waals surface area contributed by atoms with Gasteiger partial charge in [0.25, 0.3) is 5.91 Å². The molecule has 1 unspecified atom stereocenters. The van der Waals surface area contributed by atoms with E-state index in [-0.39, 0.29) is 18.2 Å². The number of imide groups is 1. The van der Waals surface area contributed by atoms with Crippen LogP contribution in [0.15, 0.2) is 72.1 Å². The van der Waals surface area contributed by atoms with Gasteiger partial charge < -0.3 is 30.7 Å². The molecule has 1 atom stereocenters. The summed E-state index contributed by atoms with van der Waals surface area (Å²) in [4.78, 5) is 62.1. The summed E-state index contributed by atoms with van der Waals surface area (Å²) in [7, 11) is 0. The number of halogens is 3. The van der Waals surface area contributed by atoms with E-state index in [4.69, 9.17) is 11.6 Å². The summed E-state index contributed by atoms with van der Waals surface area (Å²) < 4.78 is 41.1. The second kappa shape index (κ2) is 21.8. The zero-order valence-electron chi connectivity index (χ0n) is 37.4. The van der Waals surface area contributed by atoms with E-state index in [1.807, 2.05) is 24.3 Å². The lowest BCUT2D eigenvalue weighted by atomic mass is 9.71. The molecular formula is C47H62F3N11O4. The smallest absolute Gasteiger partial charge is 0.398 e. The Hall–Kier alpha value is -5.93. The zero-order valence-corrected chi connectivity index (χ0v) is 37.4. The van der Waals surface area contributed by atoms with Gasteiger partial charge in [0.05, 0.1) is 34.7 Å². The predicted octanol–water partition coefficient (Wildman–Crippen LogP) is 5.75. The van der Waals surface area contributed by atoms with Gasteiger partial charge in [0.2, 0.25) is 18.2 Å². The second-order valence-corrected chi connectivity index (χ2v) is 17.9. The average molecular weight is 902 g/mol. The number of anilines is 4. The van der Waals surface area contributed by atoms with Crippen LogP contribution >= 0.6 is 0 Å². The third kappa shape index (κ3) is 12.7. The Labute approximate surface area is 379 Å². The molecule has 6 rings (SSSR count). The van der Waals surface area contributed by atoms with Gasteiger partial charge in [0.15, 0.2) is 0 Å². The zero-order chi connectivity index (χ0) is 46.7. The van der Waals surface area contributed by atoms with Gasteiger partial charge in [-0.25, -0.2) is 10.8 Å². The summed E-state index contributed by atoms with van der Waals surface area (Å²) in [5.74, 6) is 5.94. The second-order valence-electron chi connectivity index (χ2n) is 17.9. The highest BCUT2D eigenvalue weighted by molar-refractivity contribution is 6.00. The summed E-state index contributed by atoms with van der Waals surface area (Å²) in [6.45, 7) is 11.2. The Balaban J connectivity index is 0.890. The van der Waals surface area contributed by atoms with Crippen molar-refractivity contribution in [1.82, 2.24) is 25.1 Å². The fourth-order valence-corrected chi connectivity index (χ4v) is 9.33. The van der Waals surface area contributed by atoms with Crippen LogP contribution in [0.4, 0.5) is 36.1 Å². The number of benzene rings is 1. The van der Waals surface area contributed by atoms with Crippen LogP contribution in [-0.4, -0.2) is 115 Å². The number of amides is 4. The maximum atomic E-state index is 13.7. The number of alkyl halides is 3. The number of nitrogen functional groups attached to an aromatic ring is 1. The maximum Gasteiger partial charge on any atom is 0.417 e. The van der Waals surface area contributed by atoms with Crippen molar-refractivity contribution < 1.29 is 32.3 Å². The first-order valence-corrected chi connectivity index (χ1v) is 22.6. The monoisotopic (exact) mass is 901 g/mol. The van der Waals surface area contributed by atoms with E-state index < -0.39 is 35.2 Å². The van der Waals surface area contributed by atoms with E-state index in [9.17, 15) is 37.6 Å². The van der Waals surface area contributed by atoms with Crippen LogP contribution in [0.25, 0.3) is 0 Å². The molecule has 5 heterocycles. The van der Waals surface area contributed by atoms with Crippen molar-refractivity contribution in [2.45, 2.75) is 83.9 Å². The molecule has 65 heavy (non-hydrogen) atoms. The molecule has 15 nitrogen and oxygen atoms in total. The van der Waals surface area contributed by atoms with Crippen LogP contribution in [0.3, 0.4) is 0 Å². The van der Waals surface area contributed by atoms with Crippen molar-refractivity contribution in [2.75, 3.05) is 79.8 Å². The molecule has 0 bridgehead atoms. The number of piperidine rings is 3. The first-order chi connectivity index (χ1) is 31.1. The molecule has 350 valence electrons. The van der Waals surface area contributed by atoms with Crippen LogP contribution in [-0.2, 0) is 14.4 Å². The summed E-state index contributed by atoms with van der Waals surface area (Å²) in [5.41, 5.74) is 7.71. The predicted molar refractivity (Wildman–Crippen MR) is 244 cm³/mol. The lowest BCUT2D eigenvalue weighted by molar-refractivity contribution is -0.125. The molecular weight excluding hydrogens is 840 g/mol. The molecule has 4 saturated heterocycles. The van der Waals surface area contributed by atoms with Gasteiger partial charge in [-0.3, -0.25) is 29.5 Å². The molecule has 4 aliphatic heterocycles. The Bertz CT molecular complexity index is 2120. The number of aromatic nitrogens is 1. The van der Waals surface area contributed by atoms with Crippen LogP contribution in [0, 0.1) is 28.6 Å². The minimum Gasteiger partial charge on any atom is -0.398 e. The normalized spacial score (nSPS) is 19.4. The van der Waals surface area contributed by atoms with Crippen molar-refractivity contribution in [3.05, 3.63) is 77.7 Å². The van der Waals surface area contributed by atoms with E-state index in [2.05, 4.69) is 30.3 Å². The van der Waals surface area contributed by atoms with Crippen LogP contribution < -0.4 is 32.0 Å². The van der Waals surface area contributed by atoms with E-state index in [0.717, 1.165) is 94.0 Å². The van der Waals surface area contributed by atoms with Crippen molar-refractivity contribution >= 4 is 47.0 Å². The number of hydrogen-bond acceptors (Lipinski definition) is 12. The minimum atomic E-state index is -4.67. The van der Waals surface area contributed by atoms with Gasteiger partial charge in [0.1, 0.15) is 5.82 Å². The van der Waals surface area contributed by atoms with Gasteiger partial charge in [-0.1, -0.05) is 13.0 Å². The quantitative estimate of drug-likeness (QED) is 0.0303. The number of hydrogen-bond donors (Lipinski definition) is 4. The van der Waals surface area contributed by atoms with E-state index in [0.29, 0.717) is 73.6 Å². The number of hydrazine groups is 1. The molecule has 1 aromatic heterocycles. The van der Waals surface area contributed by atoms with Gasteiger partial charge in [-0.15, -0.1) is 0 Å². The molecule has 1 aromatic carbocycles. The lowest BCUT2D eigenvalue weighted by Crippen LogP contribution is -2.61. The average Bonchev–Trinajstić information content (AvgIpc) is 3.29. The fraction of sp³-hybridized carbons (Fsp3) is 0.532. The van der Waals surface area contributed by atoms with Gasteiger partial charge in [0, 0.05) is 88.7 Å². The number of nitriles is 1. The molecule has 4 amide bonds. The van der Waals surface area contributed by atoms with Crippen LogP contribution in [0.1, 0.15) is 82.0 Å². The van der Waals surface area contributed by atoms with Crippen LogP contribution in [0.2, 0.25) is 0 Å². The standard InChI is InChI=1S/C47H62F3N11O4/c1-3-4-5-36(27-51)40(47(48,49)50)16-21-57-19-14-35(15-20-57)44(64)56-42-10-8-38(28-54-42)59-22-12-34(13-23-59)29-58-30-46(31-58)17-24-60(25-18-46)37-7-9-41(52)39(26-37)45(65)61(53)33(2)6-11-43(63)55-32-62/h4-5,7-10,16,21,26,28,32-35H,3,6,11-15,17-20,22-25,29-31,52-53H2,1-2H3,(H,54,56,64)(H,55,62,63)/b5-4-,21-16+,40-36-. The first-order valence-electron chi connectivity index (χ1n) is 22.6. The van der Waals surface area contributed by atoms with E-state index in [1.165, 1.54) is 18.4 Å². The van der Waals surface area contributed by atoms with Gasteiger partial charge >= 0.3 is 6.18 Å². The van der Waals surface area contributed by atoms with Gasteiger partial charge in [-0.2, -0.15) is 18.4 Å². The van der Waals surface area contributed by atoms with Crippen molar-refractivity contribution in [2.24, 2.45) is 23.1 Å².